The van der Waals surface area contributed by atoms with Crippen molar-refractivity contribution in [2.45, 2.75) is 6.42 Å². The van der Waals surface area contributed by atoms with E-state index in [0.29, 0.717) is 0 Å². The molecule has 1 aliphatic rings. The molecule has 1 aliphatic heterocycles. The van der Waals surface area contributed by atoms with Gasteiger partial charge in [-0.25, -0.2) is 0 Å². The summed E-state index contributed by atoms with van der Waals surface area (Å²) in [4.78, 5) is 5.77. The molecule has 0 aliphatic carbocycles. The van der Waals surface area contributed by atoms with Crippen molar-refractivity contribution >= 4 is 28.1 Å². The first-order valence-electron chi connectivity index (χ1n) is 5.89. The van der Waals surface area contributed by atoms with Crippen molar-refractivity contribution in [1.29, 1.82) is 0 Å². The number of hydrogen-bond donors (Lipinski definition) is 1. The number of fused-ring (bicyclic) bond motifs is 1. The monoisotopic (exact) mass is 246 g/mol. The summed E-state index contributed by atoms with van der Waals surface area (Å²) in [5, 5.41) is 1.93. The van der Waals surface area contributed by atoms with E-state index < -0.39 is 0 Å². The number of halogens is 1. The fourth-order valence-electron chi connectivity index (χ4n) is 2.31. The SMILES string of the molecule is CN1CC=C(c2cc3c(Cl)cccc3[nH]2)CC1. The van der Waals surface area contributed by atoms with Crippen LogP contribution in [0.15, 0.2) is 30.3 Å². The molecular weight excluding hydrogens is 232 g/mol. The van der Waals surface area contributed by atoms with Gasteiger partial charge in [-0.3, -0.25) is 0 Å². The minimum atomic E-state index is 0.818. The number of aromatic amines is 1. The molecule has 0 saturated heterocycles. The highest BCUT2D eigenvalue weighted by Crippen LogP contribution is 2.29. The minimum absolute atomic E-state index is 0.818. The van der Waals surface area contributed by atoms with E-state index in [0.717, 1.165) is 35.4 Å². The van der Waals surface area contributed by atoms with Crippen LogP contribution in [-0.4, -0.2) is 30.0 Å². The number of nitrogens with zero attached hydrogens (tertiary/aromatic N) is 1. The molecule has 0 bridgehead atoms. The molecule has 3 heteroatoms. The Labute approximate surface area is 106 Å². The van der Waals surface area contributed by atoms with E-state index in [-0.39, 0.29) is 0 Å². The Morgan fingerprint density at radius 1 is 1.35 bits per heavy atom. The lowest BCUT2D eigenvalue weighted by Crippen LogP contribution is -2.23. The summed E-state index contributed by atoms with van der Waals surface area (Å²) in [6, 6.07) is 8.15. The van der Waals surface area contributed by atoms with Crippen LogP contribution in [-0.2, 0) is 0 Å². The highest BCUT2D eigenvalue weighted by atomic mass is 35.5. The van der Waals surface area contributed by atoms with Crippen LogP contribution in [0.25, 0.3) is 16.5 Å². The molecule has 0 amide bonds. The minimum Gasteiger partial charge on any atom is -0.355 e. The van der Waals surface area contributed by atoms with E-state index in [2.05, 4.69) is 35.1 Å². The Balaban J connectivity index is 2.04. The molecule has 88 valence electrons. The average molecular weight is 247 g/mol. The van der Waals surface area contributed by atoms with Crippen LogP contribution in [0.2, 0.25) is 5.02 Å². The lowest BCUT2D eigenvalue weighted by Gasteiger charge is -2.21. The topological polar surface area (TPSA) is 19.0 Å². The zero-order valence-electron chi connectivity index (χ0n) is 9.83. The number of H-pyrrole nitrogens is 1. The maximum absolute atomic E-state index is 6.18. The molecule has 1 aromatic carbocycles. The van der Waals surface area contributed by atoms with E-state index in [9.17, 15) is 0 Å². The number of nitrogens with one attached hydrogen (secondary N) is 1. The van der Waals surface area contributed by atoms with Crippen LogP contribution in [0.4, 0.5) is 0 Å². The van der Waals surface area contributed by atoms with Crippen molar-refractivity contribution in [1.82, 2.24) is 9.88 Å². The van der Waals surface area contributed by atoms with Crippen molar-refractivity contribution in [2.75, 3.05) is 20.1 Å². The van der Waals surface area contributed by atoms with Crippen LogP contribution in [0.3, 0.4) is 0 Å². The van der Waals surface area contributed by atoms with Gasteiger partial charge in [0.25, 0.3) is 0 Å². The quantitative estimate of drug-likeness (QED) is 0.816. The zero-order chi connectivity index (χ0) is 11.8. The first-order valence-corrected chi connectivity index (χ1v) is 6.27. The summed E-state index contributed by atoms with van der Waals surface area (Å²) in [7, 11) is 2.15. The molecule has 1 aromatic heterocycles. The van der Waals surface area contributed by atoms with Gasteiger partial charge in [0.15, 0.2) is 0 Å². The predicted octanol–water partition coefficient (Wildman–Crippen LogP) is 3.54. The molecule has 2 nitrogen and oxygen atoms in total. The van der Waals surface area contributed by atoms with Crippen LogP contribution in [0, 0.1) is 0 Å². The molecule has 3 rings (SSSR count). The van der Waals surface area contributed by atoms with E-state index in [1.807, 2.05) is 12.1 Å². The molecule has 0 atom stereocenters. The Morgan fingerprint density at radius 3 is 2.94 bits per heavy atom. The van der Waals surface area contributed by atoms with Gasteiger partial charge >= 0.3 is 0 Å². The lowest BCUT2D eigenvalue weighted by atomic mass is 10.1. The van der Waals surface area contributed by atoms with E-state index >= 15 is 0 Å². The van der Waals surface area contributed by atoms with Crippen molar-refractivity contribution < 1.29 is 0 Å². The molecule has 2 aromatic rings. The molecule has 1 N–H and O–H groups in total. The standard InChI is InChI=1S/C14H15ClN2/c1-17-7-5-10(6-8-17)14-9-11-12(15)3-2-4-13(11)16-14/h2-5,9,16H,6-8H2,1H3. The van der Waals surface area contributed by atoms with Gasteiger partial charge in [-0.15, -0.1) is 0 Å². The second-order valence-corrected chi connectivity index (χ2v) is 5.03. The maximum atomic E-state index is 6.18. The third-order valence-electron chi connectivity index (χ3n) is 3.37. The van der Waals surface area contributed by atoms with E-state index in [1.165, 1.54) is 11.3 Å². The summed E-state index contributed by atoms with van der Waals surface area (Å²) < 4.78 is 0. The van der Waals surface area contributed by atoms with Gasteiger partial charge in [-0.05, 0) is 37.2 Å². The number of benzene rings is 1. The van der Waals surface area contributed by atoms with Crippen molar-refractivity contribution in [3.8, 4) is 0 Å². The summed E-state index contributed by atoms with van der Waals surface area (Å²) in [6.07, 6.45) is 3.39. The molecule has 0 unspecified atom stereocenters. The van der Waals surface area contributed by atoms with Gasteiger partial charge < -0.3 is 9.88 Å². The van der Waals surface area contributed by atoms with Gasteiger partial charge in [-0.1, -0.05) is 23.7 Å². The second kappa shape index (κ2) is 4.21. The average Bonchev–Trinajstić information content (AvgIpc) is 2.75. The number of likely N-dealkylation sites (N-methyl/N-ethyl adjacent to an activating group) is 1. The van der Waals surface area contributed by atoms with Crippen LogP contribution in [0.5, 0.6) is 0 Å². The molecule has 0 spiro atoms. The van der Waals surface area contributed by atoms with Gasteiger partial charge in [0.1, 0.15) is 0 Å². The summed E-state index contributed by atoms with van der Waals surface area (Å²) in [5.74, 6) is 0. The first-order chi connectivity index (χ1) is 8.24. The third-order valence-corrected chi connectivity index (χ3v) is 3.70. The molecule has 2 heterocycles. The zero-order valence-corrected chi connectivity index (χ0v) is 10.6. The van der Waals surface area contributed by atoms with Gasteiger partial charge in [0, 0.05) is 34.7 Å². The van der Waals surface area contributed by atoms with Crippen molar-refractivity contribution in [2.24, 2.45) is 0 Å². The largest absolute Gasteiger partial charge is 0.355 e. The van der Waals surface area contributed by atoms with Crippen LogP contribution in [0.1, 0.15) is 12.1 Å². The van der Waals surface area contributed by atoms with Crippen molar-refractivity contribution in [3.63, 3.8) is 0 Å². The Morgan fingerprint density at radius 2 is 2.24 bits per heavy atom. The number of aromatic nitrogens is 1. The van der Waals surface area contributed by atoms with E-state index in [1.54, 1.807) is 0 Å². The number of rotatable bonds is 1. The highest BCUT2D eigenvalue weighted by molar-refractivity contribution is 6.35. The molecule has 0 fully saturated rings. The fraction of sp³-hybridized carbons (Fsp3) is 0.286. The Kier molecular flexibility index (Phi) is 2.69. The first kappa shape index (κ1) is 10.9. The van der Waals surface area contributed by atoms with Crippen molar-refractivity contribution in [3.05, 3.63) is 41.1 Å². The molecule has 0 saturated carbocycles. The summed E-state index contributed by atoms with van der Waals surface area (Å²) in [6.45, 7) is 2.15. The summed E-state index contributed by atoms with van der Waals surface area (Å²) >= 11 is 6.18. The molecular formula is C14H15ClN2. The molecule has 17 heavy (non-hydrogen) atoms. The highest BCUT2D eigenvalue weighted by Gasteiger charge is 2.12. The van der Waals surface area contributed by atoms with Crippen LogP contribution >= 0.6 is 11.6 Å². The smallest absolute Gasteiger partial charge is 0.0500 e. The predicted molar refractivity (Wildman–Crippen MR) is 73.4 cm³/mol. The fourth-order valence-corrected chi connectivity index (χ4v) is 2.54. The molecule has 0 radical (unpaired) electrons. The maximum Gasteiger partial charge on any atom is 0.0500 e. The van der Waals surface area contributed by atoms with Gasteiger partial charge in [-0.2, -0.15) is 0 Å². The Bertz CT molecular complexity index is 583. The van der Waals surface area contributed by atoms with E-state index in [4.69, 9.17) is 11.6 Å². The Hall–Kier alpha value is -1.25. The number of hydrogen-bond acceptors (Lipinski definition) is 1. The summed E-state index contributed by atoms with van der Waals surface area (Å²) in [5.41, 5.74) is 3.73. The van der Waals surface area contributed by atoms with Gasteiger partial charge in [0.05, 0.1) is 0 Å². The third kappa shape index (κ3) is 1.99. The second-order valence-electron chi connectivity index (χ2n) is 4.63. The lowest BCUT2D eigenvalue weighted by molar-refractivity contribution is 0.370. The normalized spacial score (nSPS) is 17.4. The van der Waals surface area contributed by atoms with Gasteiger partial charge in [0.2, 0.25) is 0 Å². The van der Waals surface area contributed by atoms with Crippen LogP contribution < -0.4 is 0 Å².